The van der Waals surface area contributed by atoms with Crippen LogP contribution in [0.1, 0.15) is 34.6 Å². The van der Waals surface area contributed by atoms with Crippen LogP contribution in [-0.2, 0) is 4.74 Å². The molecule has 1 fully saturated rings. The van der Waals surface area contributed by atoms with Crippen LogP contribution < -0.4 is 4.90 Å². The van der Waals surface area contributed by atoms with Crippen LogP contribution in [-0.4, -0.2) is 51.7 Å². The Kier molecular flexibility index (Phi) is 6.18. The molecule has 2 aromatic rings. The van der Waals surface area contributed by atoms with Gasteiger partial charge in [-0.25, -0.2) is 14.2 Å². The molecule has 0 unspecified atom stereocenters. The van der Waals surface area contributed by atoms with Crippen molar-refractivity contribution in [2.75, 3.05) is 18.0 Å². The van der Waals surface area contributed by atoms with Crippen LogP contribution in [0.25, 0.3) is 10.9 Å². The highest BCUT2D eigenvalue weighted by molar-refractivity contribution is 9.10. The Morgan fingerprint density at radius 1 is 1.24 bits per heavy atom. The maximum absolute atomic E-state index is 14.7. The maximum atomic E-state index is 14.7. The molecule has 2 atom stereocenters. The third-order valence-electron chi connectivity index (χ3n) is 4.67. The van der Waals surface area contributed by atoms with Crippen molar-refractivity contribution in [3.05, 3.63) is 26.7 Å². The lowest BCUT2D eigenvalue weighted by Crippen LogP contribution is -2.59. The zero-order chi connectivity index (χ0) is 21.7. The summed E-state index contributed by atoms with van der Waals surface area (Å²) in [6.07, 6.45) is -0.361. The van der Waals surface area contributed by atoms with Gasteiger partial charge in [-0.2, -0.15) is 4.98 Å². The van der Waals surface area contributed by atoms with Crippen molar-refractivity contribution in [1.82, 2.24) is 14.9 Å². The molecule has 29 heavy (non-hydrogen) atoms. The number of halogens is 4. The van der Waals surface area contributed by atoms with Crippen molar-refractivity contribution in [3.63, 3.8) is 0 Å². The van der Waals surface area contributed by atoms with Gasteiger partial charge in [0.25, 0.3) is 0 Å². The van der Waals surface area contributed by atoms with Crippen molar-refractivity contribution in [2.45, 2.75) is 52.3 Å². The van der Waals surface area contributed by atoms with Gasteiger partial charge in [-0.05, 0) is 68.2 Å². The molecule has 1 aromatic carbocycles. The van der Waals surface area contributed by atoms with Crippen LogP contribution in [0, 0.1) is 5.82 Å². The normalized spacial score (nSPS) is 20.3. The van der Waals surface area contributed by atoms with Crippen LogP contribution >= 0.6 is 39.1 Å². The van der Waals surface area contributed by atoms with E-state index in [-0.39, 0.29) is 38.5 Å². The number of piperazine rings is 1. The second kappa shape index (κ2) is 8.04. The summed E-state index contributed by atoms with van der Waals surface area (Å²) in [7, 11) is 0. The van der Waals surface area contributed by atoms with Crippen LogP contribution in [0.3, 0.4) is 0 Å². The Hall–Kier alpha value is -1.38. The highest BCUT2D eigenvalue weighted by Crippen LogP contribution is 2.37. The first kappa shape index (κ1) is 22.3. The van der Waals surface area contributed by atoms with Gasteiger partial charge in [0.1, 0.15) is 16.9 Å². The van der Waals surface area contributed by atoms with Gasteiger partial charge in [-0.3, -0.25) is 0 Å². The number of carbonyl (C=O) groups is 1. The molecule has 3 rings (SSSR count). The predicted molar refractivity (Wildman–Crippen MR) is 116 cm³/mol. The molecule has 0 aliphatic carbocycles. The van der Waals surface area contributed by atoms with E-state index in [2.05, 4.69) is 25.9 Å². The molecule has 1 aromatic heterocycles. The topological polar surface area (TPSA) is 58.6 Å². The van der Waals surface area contributed by atoms with Gasteiger partial charge in [0.15, 0.2) is 5.82 Å². The van der Waals surface area contributed by atoms with Crippen molar-refractivity contribution in [1.29, 1.82) is 0 Å². The summed E-state index contributed by atoms with van der Waals surface area (Å²) in [5, 5.41) is 0.621. The number of carbonyl (C=O) groups excluding carboxylic acids is 1. The number of rotatable bonds is 1. The first-order valence-corrected chi connectivity index (χ1v) is 10.7. The Bertz CT molecular complexity index is 970. The number of fused-ring (bicyclic) bond motifs is 1. The third-order valence-corrected chi connectivity index (χ3v) is 6.14. The molecule has 0 spiro atoms. The number of benzene rings is 1. The zero-order valence-corrected chi connectivity index (χ0v) is 19.9. The van der Waals surface area contributed by atoms with Crippen molar-refractivity contribution in [3.8, 4) is 0 Å². The van der Waals surface area contributed by atoms with Gasteiger partial charge in [0, 0.05) is 30.6 Å². The molecule has 0 bridgehead atoms. The molecule has 1 aliphatic heterocycles. The van der Waals surface area contributed by atoms with Gasteiger partial charge < -0.3 is 14.5 Å². The van der Waals surface area contributed by atoms with Crippen molar-refractivity contribution in [2.24, 2.45) is 0 Å². The molecule has 0 radical (unpaired) electrons. The summed E-state index contributed by atoms with van der Waals surface area (Å²) in [5.41, 5.74) is -0.486. The lowest BCUT2D eigenvalue weighted by molar-refractivity contribution is 0.0130. The van der Waals surface area contributed by atoms with Crippen LogP contribution in [0.2, 0.25) is 10.3 Å². The fourth-order valence-corrected chi connectivity index (χ4v) is 4.00. The van der Waals surface area contributed by atoms with E-state index >= 15 is 0 Å². The second-order valence-electron chi connectivity index (χ2n) is 8.18. The number of hydrogen-bond acceptors (Lipinski definition) is 5. The Balaban J connectivity index is 1.98. The molecule has 1 saturated heterocycles. The van der Waals surface area contributed by atoms with Gasteiger partial charge >= 0.3 is 6.09 Å². The van der Waals surface area contributed by atoms with E-state index in [1.54, 1.807) is 11.0 Å². The van der Waals surface area contributed by atoms with Gasteiger partial charge in [-0.1, -0.05) is 11.6 Å². The molecule has 1 aliphatic rings. The van der Waals surface area contributed by atoms with Crippen LogP contribution in [0.5, 0.6) is 0 Å². The quantitative estimate of drug-likeness (QED) is 0.367. The Morgan fingerprint density at radius 2 is 1.90 bits per heavy atom. The molecular weight excluding hydrogens is 486 g/mol. The summed E-state index contributed by atoms with van der Waals surface area (Å²) in [6, 6.07) is 1.35. The van der Waals surface area contributed by atoms with Gasteiger partial charge in [0.2, 0.25) is 5.28 Å². The second-order valence-corrected chi connectivity index (χ2v) is 9.72. The Labute approximate surface area is 187 Å². The zero-order valence-electron chi connectivity index (χ0n) is 16.8. The smallest absolute Gasteiger partial charge is 0.410 e. The highest BCUT2D eigenvalue weighted by atomic mass is 79.9. The highest BCUT2D eigenvalue weighted by Gasteiger charge is 2.36. The fraction of sp³-hybridized carbons (Fsp3) is 0.526. The van der Waals surface area contributed by atoms with E-state index in [0.29, 0.717) is 24.3 Å². The molecule has 0 saturated carbocycles. The lowest BCUT2D eigenvalue weighted by atomic mass is 10.1. The van der Waals surface area contributed by atoms with E-state index < -0.39 is 11.4 Å². The van der Waals surface area contributed by atoms with E-state index in [4.69, 9.17) is 27.9 Å². The fourth-order valence-electron chi connectivity index (χ4n) is 3.35. The Morgan fingerprint density at radius 3 is 2.52 bits per heavy atom. The van der Waals surface area contributed by atoms with Crippen molar-refractivity contribution < 1.29 is 13.9 Å². The monoisotopic (exact) mass is 506 g/mol. The van der Waals surface area contributed by atoms with E-state index in [9.17, 15) is 9.18 Å². The molecule has 0 N–H and O–H groups in total. The molecular formula is C19H22BrCl2FN4O2. The number of nitrogens with zero attached hydrogens (tertiary/aromatic N) is 4. The van der Waals surface area contributed by atoms with E-state index in [1.807, 2.05) is 39.5 Å². The van der Waals surface area contributed by atoms with Crippen LogP contribution in [0.15, 0.2) is 10.5 Å². The maximum Gasteiger partial charge on any atom is 0.410 e. The van der Waals surface area contributed by atoms with Crippen LogP contribution in [0.4, 0.5) is 15.0 Å². The third kappa shape index (κ3) is 4.54. The predicted octanol–water partition coefficient (Wildman–Crippen LogP) is 5.67. The molecule has 6 nitrogen and oxygen atoms in total. The standard InChI is InChI=1S/C19H22BrCl2FN4O2/c1-9-8-27(18(28)29-19(3,4)5)10(2)7-26(9)16-11-6-12(21)13(20)14(23)15(11)24-17(22)25-16/h6,9-10H,7-8H2,1-5H3/t9-,10-/m0/s1. The van der Waals surface area contributed by atoms with Crippen molar-refractivity contribution >= 4 is 61.9 Å². The number of amides is 1. The molecule has 1 amide bonds. The largest absolute Gasteiger partial charge is 0.444 e. The van der Waals surface area contributed by atoms with Gasteiger partial charge in [0.05, 0.1) is 9.50 Å². The minimum Gasteiger partial charge on any atom is -0.444 e. The summed E-state index contributed by atoms with van der Waals surface area (Å²) in [5.74, 6) is -0.109. The number of aromatic nitrogens is 2. The lowest BCUT2D eigenvalue weighted by Gasteiger charge is -2.44. The minimum atomic E-state index is -0.592. The molecule has 158 valence electrons. The summed E-state index contributed by atoms with van der Waals surface area (Å²) >= 11 is 15.4. The number of hydrogen-bond donors (Lipinski definition) is 0. The average Bonchev–Trinajstić information content (AvgIpc) is 2.60. The SMILES string of the molecule is C[C@H]1CN(c2nc(Cl)nc3c(F)c(Br)c(Cl)cc23)[C@@H](C)CN1C(=O)OC(C)(C)C. The van der Waals surface area contributed by atoms with E-state index in [0.717, 1.165) is 0 Å². The molecule has 2 heterocycles. The number of anilines is 1. The minimum absolute atomic E-state index is 0.0601. The average molecular weight is 508 g/mol. The summed E-state index contributed by atoms with van der Waals surface area (Å²) < 4.78 is 20.4. The van der Waals surface area contributed by atoms with E-state index in [1.165, 1.54) is 0 Å². The summed E-state index contributed by atoms with van der Waals surface area (Å²) in [6.45, 7) is 10.3. The van der Waals surface area contributed by atoms with Gasteiger partial charge in [-0.15, -0.1) is 0 Å². The molecule has 10 heteroatoms. The number of ether oxygens (including phenoxy) is 1. The first-order chi connectivity index (χ1) is 13.4. The first-order valence-electron chi connectivity index (χ1n) is 9.16. The summed E-state index contributed by atoms with van der Waals surface area (Å²) in [4.78, 5) is 24.7.